The van der Waals surface area contributed by atoms with E-state index in [2.05, 4.69) is 5.32 Å². The number of anilines is 1. The summed E-state index contributed by atoms with van der Waals surface area (Å²) in [7, 11) is -2.96. The Morgan fingerprint density at radius 3 is 2.39 bits per heavy atom. The Balaban J connectivity index is 1.38. The van der Waals surface area contributed by atoms with Crippen LogP contribution in [-0.4, -0.2) is 31.1 Å². The minimum Gasteiger partial charge on any atom is -0.489 e. The van der Waals surface area contributed by atoms with Gasteiger partial charge >= 0.3 is 0 Å². The summed E-state index contributed by atoms with van der Waals surface area (Å²) in [6, 6.07) is 24.5. The number of carbonyl (C=O) groups excluding carboxylic acids is 1. The monoisotopic (exact) mass is 453 g/mol. The molecule has 0 radical (unpaired) electrons. The zero-order valence-electron chi connectivity index (χ0n) is 16.9. The molecule has 1 fully saturated rings. The second kappa shape index (κ2) is 9.58. The van der Waals surface area contributed by atoms with Crippen LogP contribution in [0.5, 0.6) is 5.75 Å². The third-order valence-corrected chi connectivity index (χ3v) is 8.30. The van der Waals surface area contributed by atoms with E-state index in [0.717, 1.165) is 16.2 Å². The van der Waals surface area contributed by atoms with Crippen LogP contribution in [0.2, 0.25) is 0 Å². The Labute approximate surface area is 186 Å². The minimum absolute atomic E-state index is 0.0139. The van der Waals surface area contributed by atoms with Gasteiger partial charge in [-0.3, -0.25) is 4.79 Å². The summed E-state index contributed by atoms with van der Waals surface area (Å²) in [5, 5.41) is 2.90. The van der Waals surface area contributed by atoms with Gasteiger partial charge in [-0.25, -0.2) is 8.42 Å². The van der Waals surface area contributed by atoms with Gasteiger partial charge in [-0.15, -0.1) is 11.8 Å². The minimum atomic E-state index is -2.96. The fourth-order valence-corrected chi connectivity index (χ4v) is 6.99. The van der Waals surface area contributed by atoms with Crippen molar-refractivity contribution < 1.29 is 17.9 Å². The zero-order valence-corrected chi connectivity index (χ0v) is 18.5. The Hall–Kier alpha value is -2.77. The van der Waals surface area contributed by atoms with Crippen LogP contribution in [0.3, 0.4) is 0 Å². The highest BCUT2D eigenvalue weighted by molar-refractivity contribution is 8.02. The number of ether oxygens (including phenoxy) is 1. The second-order valence-electron chi connectivity index (χ2n) is 7.39. The van der Waals surface area contributed by atoms with Crippen molar-refractivity contribution in [3.05, 3.63) is 90.0 Å². The highest BCUT2D eigenvalue weighted by Crippen LogP contribution is 2.33. The molecule has 31 heavy (non-hydrogen) atoms. The third-order valence-electron chi connectivity index (χ3n) is 4.98. The van der Waals surface area contributed by atoms with Gasteiger partial charge in [0.2, 0.25) is 0 Å². The molecule has 0 aliphatic carbocycles. The molecule has 0 saturated carbocycles. The first-order valence-corrected chi connectivity index (χ1v) is 12.7. The number of nitrogens with one attached hydrogen (secondary N) is 1. The summed E-state index contributed by atoms with van der Waals surface area (Å²) < 4.78 is 29.3. The van der Waals surface area contributed by atoms with Crippen LogP contribution < -0.4 is 10.1 Å². The van der Waals surface area contributed by atoms with Crippen LogP contribution in [0.15, 0.2) is 83.8 Å². The average molecular weight is 454 g/mol. The van der Waals surface area contributed by atoms with Gasteiger partial charge in [0, 0.05) is 15.8 Å². The van der Waals surface area contributed by atoms with Crippen LogP contribution in [0.4, 0.5) is 5.69 Å². The van der Waals surface area contributed by atoms with Gasteiger partial charge in [0.1, 0.15) is 12.4 Å². The number of benzene rings is 3. The lowest BCUT2D eigenvalue weighted by Gasteiger charge is -2.13. The van der Waals surface area contributed by atoms with Gasteiger partial charge in [-0.2, -0.15) is 0 Å². The van der Waals surface area contributed by atoms with Gasteiger partial charge in [0.15, 0.2) is 9.84 Å². The lowest BCUT2D eigenvalue weighted by atomic mass is 10.2. The fourth-order valence-electron chi connectivity index (χ4n) is 3.36. The summed E-state index contributed by atoms with van der Waals surface area (Å²) in [6.45, 7) is 0.480. The summed E-state index contributed by atoms with van der Waals surface area (Å²) in [5.41, 5.74) is 2.30. The topological polar surface area (TPSA) is 72.5 Å². The smallest absolute Gasteiger partial charge is 0.256 e. The van der Waals surface area contributed by atoms with Crippen molar-refractivity contribution in [2.45, 2.75) is 23.2 Å². The molecule has 5 nitrogen and oxygen atoms in total. The van der Waals surface area contributed by atoms with E-state index < -0.39 is 9.84 Å². The van der Waals surface area contributed by atoms with Gasteiger partial charge in [0.05, 0.1) is 17.1 Å². The summed E-state index contributed by atoms with van der Waals surface area (Å²) in [6.07, 6.45) is 0.618. The number of amides is 1. The van der Waals surface area contributed by atoms with E-state index in [1.807, 2.05) is 60.7 Å². The number of hydrogen-bond donors (Lipinski definition) is 1. The number of hydrogen-bond acceptors (Lipinski definition) is 5. The average Bonchev–Trinajstić information content (AvgIpc) is 3.12. The summed E-state index contributed by atoms with van der Waals surface area (Å²) in [4.78, 5) is 13.7. The molecular weight excluding hydrogens is 430 g/mol. The molecule has 3 aromatic rings. The lowest BCUT2D eigenvalue weighted by Crippen LogP contribution is -2.14. The molecule has 7 heteroatoms. The van der Waals surface area contributed by atoms with Crippen molar-refractivity contribution >= 4 is 33.2 Å². The largest absolute Gasteiger partial charge is 0.489 e. The molecule has 3 aromatic carbocycles. The third kappa shape index (κ3) is 5.89. The molecular formula is C24H23NO4S2. The SMILES string of the molecule is O=C(Nc1ccc(OCc2ccccc2)cc1)c1ccccc1S[C@@H]1CCS(=O)(=O)C1. The quantitative estimate of drug-likeness (QED) is 0.556. The molecule has 1 amide bonds. The van der Waals surface area contributed by atoms with E-state index in [4.69, 9.17) is 4.74 Å². The molecule has 0 bridgehead atoms. The Kier molecular flexibility index (Phi) is 6.63. The zero-order chi connectivity index (χ0) is 21.7. The number of rotatable bonds is 7. The molecule has 0 spiro atoms. The highest BCUT2D eigenvalue weighted by Gasteiger charge is 2.29. The Morgan fingerprint density at radius 1 is 0.968 bits per heavy atom. The molecule has 1 aliphatic heterocycles. The van der Waals surface area contributed by atoms with E-state index in [1.165, 1.54) is 11.8 Å². The molecule has 1 atom stereocenters. The predicted molar refractivity (Wildman–Crippen MR) is 125 cm³/mol. The van der Waals surface area contributed by atoms with Crippen molar-refractivity contribution in [3.63, 3.8) is 0 Å². The van der Waals surface area contributed by atoms with Gasteiger partial charge < -0.3 is 10.1 Å². The van der Waals surface area contributed by atoms with Crippen LogP contribution >= 0.6 is 11.8 Å². The summed E-state index contributed by atoms with van der Waals surface area (Å²) in [5.74, 6) is 0.887. The highest BCUT2D eigenvalue weighted by atomic mass is 32.2. The van der Waals surface area contributed by atoms with Crippen molar-refractivity contribution in [3.8, 4) is 5.75 Å². The fraction of sp³-hybridized carbons (Fsp3) is 0.208. The molecule has 4 rings (SSSR count). The molecule has 1 N–H and O–H groups in total. The lowest BCUT2D eigenvalue weighted by molar-refractivity contribution is 0.102. The molecule has 0 unspecified atom stereocenters. The number of sulfone groups is 1. The van der Waals surface area contributed by atoms with E-state index in [-0.39, 0.29) is 22.7 Å². The summed E-state index contributed by atoms with van der Waals surface area (Å²) >= 11 is 1.47. The Bertz CT molecular complexity index is 1150. The van der Waals surface area contributed by atoms with Crippen molar-refractivity contribution in [2.24, 2.45) is 0 Å². The standard InChI is InChI=1S/C24H23NO4S2/c26-24(22-8-4-5-9-23(22)30-21-14-15-31(27,28)17-21)25-19-10-12-20(13-11-19)29-16-18-6-2-1-3-7-18/h1-13,21H,14-17H2,(H,25,26)/t21-/m1/s1. The van der Waals surface area contributed by atoms with Crippen LogP contribution in [0, 0.1) is 0 Å². The van der Waals surface area contributed by atoms with Gasteiger partial charge in [-0.1, -0.05) is 42.5 Å². The molecule has 1 saturated heterocycles. The number of thioether (sulfide) groups is 1. The molecule has 1 aliphatic rings. The normalized spacial score (nSPS) is 17.2. The van der Waals surface area contributed by atoms with Crippen molar-refractivity contribution in [1.29, 1.82) is 0 Å². The molecule has 0 aromatic heterocycles. The maximum absolute atomic E-state index is 12.9. The first kappa shape index (κ1) is 21.5. The van der Waals surface area contributed by atoms with E-state index >= 15 is 0 Å². The Morgan fingerprint density at radius 2 is 1.68 bits per heavy atom. The first-order valence-electron chi connectivity index (χ1n) is 10.0. The number of carbonyl (C=O) groups is 1. The van der Waals surface area contributed by atoms with Crippen LogP contribution in [-0.2, 0) is 16.4 Å². The maximum atomic E-state index is 12.9. The van der Waals surface area contributed by atoms with Gasteiger partial charge in [0.25, 0.3) is 5.91 Å². The van der Waals surface area contributed by atoms with Gasteiger partial charge in [-0.05, 0) is 48.4 Å². The second-order valence-corrected chi connectivity index (χ2v) is 11.0. The predicted octanol–water partition coefficient (Wildman–Crippen LogP) is 4.80. The van der Waals surface area contributed by atoms with E-state index in [9.17, 15) is 13.2 Å². The maximum Gasteiger partial charge on any atom is 0.256 e. The molecule has 160 valence electrons. The van der Waals surface area contributed by atoms with Crippen molar-refractivity contribution in [2.75, 3.05) is 16.8 Å². The van der Waals surface area contributed by atoms with Crippen molar-refractivity contribution in [1.82, 2.24) is 0 Å². The van der Waals surface area contributed by atoms with Crippen LogP contribution in [0.25, 0.3) is 0 Å². The first-order chi connectivity index (χ1) is 15.0. The van der Waals surface area contributed by atoms with Crippen LogP contribution in [0.1, 0.15) is 22.3 Å². The molecule has 1 heterocycles. The van der Waals surface area contributed by atoms with E-state index in [0.29, 0.717) is 24.3 Å². The van der Waals surface area contributed by atoms with E-state index in [1.54, 1.807) is 18.2 Å².